The lowest BCUT2D eigenvalue weighted by Gasteiger charge is -2.10. The Labute approximate surface area is 222 Å². The molecule has 7 nitrogen and oxygen atoms in total. The Morgan fingerprint density at radius 3 is 2.35 bits per heavy atom. The molecule has 2 aromatic heterocycles. The number of halogens is 1. The van der Waals surface area contributed by atoms with Gasteiger partial charge in [-0.05, 0) is 76.3 Å². The number of benzene rings is 1. The molecule has 1 aromatic carbocycles. The van der Waals surface area contributed by atoms with Crippen molar-refractivity contribution in [2.45, 2.75) is 60.4 Å². The number of guanidine groups is 1. The van der Waals surface area contributed by atoms with Crippen molar-refractivity contribution < 1.29 is 9.50 Å². The van der Waals surface area contributed by atoms with Gasteiger partial charge in [0, 0.05) is 38.5 Å². The number of unbranched alkanes of at least 4 members (excludes halogenated alkanes) is 2. The number of aliphatic imine (C=N–C) groups is 2. The third kappa shape index (κ3) is 9.70. The largest absolute Gasteiger partial charge is 0.400 e. The highest BCUT2D eigenvalue weighted by Gasteiger charge is 2.18. The van der Waals surface area contributed by atoms with Gasteiger partial charge in [0.1, 0.15) is 11.5 Å². The number of imidazole rings is 1. The molecule has 37 heavy (non-hydrogen) atoms. The summed E-state index contributed by atoms with van der Waals surface area (Å²) >= 11 is 0. The van der Waals surface area contributed by atoms with Crippen LogP contribution in [0.25, 0.3) is 16.9 Å². The van der Waals surface area contributed by atoms with Crippen LogP contribution < -0.4 is 5.32 Å². The van der Waals surface area contributed by atoms with Gasteiger partial charge in [0.2, 0.25) is 5.96 Å². The van der Waals surface area contributed by atoms with E-state index in [0.717, 1.165) is 74.3 Å². The van der Waals surface area contributed by atoms with E-state index in [9.17, 15) is 4.39 Å². The maximum absolute atomic E-state index is 13.6. The van der Waals surface area contributed by atoms with Gasteiger partial charge in [-0.3, -0.25) is 9.39 Å². The Kier molecular flexibility index (Phi) is 15.0. The van der Waals surface area contributed by atoms with Gasteiger partial charge >= 0.3 is 0 Å². The van der Waals surface area contributed by atoms with Gasteiger partial charge in [-0.15, -0.1) is 0 Å². The SMILES string of the molecule is CC.CCCCCN=C(/N=C(\C)c1c(-c2ccc(F)cc2)nc2cc(CN(C)C)ccn12)NCC.CO. The van der Waals surface area contributed by atoms with Gasteiger partial charge in [-0.2, -0.15) is 0 Å². The van der Waals surface area contributed by atoms with Gasteiger partial charge < -0.3 is 15.3 Å². The molecule has 0 saturated carbocycles. The van der Waals surface area contributed by atoms with Crippen LogP contribution >= 0.6 is 0 Å². The molecular weight excluding hydrogens is 467 g/mol. The van der Waals surface area contributed by atoms with E-state index < -0.39 is 0 Å². The number of aliphatic hydroxyl groups excluding tert-OH is 1. The predicted octanol–water partition coefficient (Wildman–Crippen LogP) is 5.80. The highest BCUT2D eigenvalue weighted by atomic mass is 19.1. The smallest absolute Gasteiger partial charge is 0.218 e. The van der Waals surface area contributed by atoms with Crippen molar-refractivity contribution in [2.24, 2.45) is 9.98 Å². The highest BCUT2D eigenvalue weighted by molar-refractivity contribution is 6.08. The van der Waals surface area contributed by atoms with Crippen molar-refractivity contribution in [3.05, 3.63) is 59.7 Å². The lowest BCUT2D eigenvalue weighted by Crippen LogP contribution is -2.23. The fourth-order valence-electron chi connectivity index (χ4n) is 3.75. The minimum Gasteiger partial charge on any atom is -0.400 e. The molecule has 0 bridgehead atoms. The maximum atomic E-state index is 13.6. The number of nitrogens with one attached hydrogen (secondary N) is 1. The van der Waals surface area contributed by atoms with Crippen LogP contribution in [0.3, 0.4) is 0 Å². The first-order valence-electron chi connectivity index (χ1n) is 13.1. The van der Waals surface area contributed by atoms with E-state index in [1.54, 1.807) is 12.1 Å². The van der Waals surface area contributed by atoms with E-state index in [-0.39, 0.29) is 5.82 Å². The Morgan fingerprint density at radius 1 is 1.08 bits per heavy atom. The fourth-order valence-corrected chi connectivity index (χ4v) is 3.75. The second kappa shape index (κ2) is 17.4. The lowest BCUT2D eigenvalue weighted by molar-refractivity contribution is 0.399. The van der Waals surface area contributed by atoms with Crippen LogP contribution in [0.1, 0.15) is 65.1 Å². The number of hydrogen-bond donors (Lipinski definition) is 2. The summed E-state index contributed by atoms with van der Waals surface area (Å²) in [6, 6.07) is 10.6. The average molecular weight is 513 g/mol. The van der Waals surface area contributed by atoms with Crippen LogP contribution in [0.5, 0.6) is 0 Å². The Bertz CT molecular complexity index is 1120. The molecular formula is C29H45FN6O. The molecule has 0 aliphatic carbocycles. The van der Waals surface area contributed by atoms with Crippen molar-refractivity contribution in [3.63, 3.8) is 0 Å². The number of nitrogens with zero attached hydrogens (tertiary/aromatic N) is 5. The van der Waals surface area contributed by atoms with Crippen molar-refractivity contribution in [2.75, 3.05) is 34.3 Å². The van der Waals surface area contributed by atoms with E-state index >= 15 is 0 Å². The zero-order valence-electron chi connectivity index (χ0n) is 23.8. The van der Waals surface area contributed by atoms with Gasteiger partial charge in [0.15, 0.2) is 0 Å². The molecule has 0 radical (unpaired) electrons. The van der Waals surface area contributed by atoms with Gasteiger partial charge in [-0.25, -0.2) is 14.4 Å². The zero-order valence-corrected chi connectivity index (χ0v) is 23.8. The second-order valence-electron chi connectivity index (χ2n) is 8.46. The Hall–Kier alpha value is -3.10. The minimum absolute atomic E-state index is 0.267. The van der Waals surface area contributed by atoms with Crippen LogP contribution in [-0.4, -0.2) is 65.4 Å². The first kappa shape index (κ1) is 31.9. The number of rotatable bonds is 9. The minimum atomic E-state index is -0.267. The summed E-state index contributed by atoms with van der Waals surface area (Å²) in [4.78, 5) is 16.6. The summed E-state index contributed by atoms with van der Waals surface area (Å²) in [7, 11) is 5.09. The van der Waals surface area contributed by atoms with Crippen LogP contribution in [0, 0.1) is 5.82 Å². The molecule has 0 saturated heterocycles. The summed E-state index contributed by atoms with van der Waals surface area (Å²) < 4.78 is 15.6. The summed E-state index contributed by atoms with van der Waals surface area (Å²) in [5.41, 5.74) is 5.33. The number of fused-ring (bicyclic) bond motifs is 1. The van der Waals surface area contributed by atoms with E-state index in [0.29, 0.717) is 5.96 Å². The molecule has 8 heteroatoms. The molecule has 3 aromatic rings. The van der Waals surface area contributed by atoms with E-state index in [1.807, 2.05) is 48.0 Å². The third-order valence-corrected chi connectivity index (χ3v) is 5.28. The zero-order chi connectivity index (χ0) is 27.8. The highest BCUT2D eigenvalue weighted by Crippen LogP contribution is 2.26. The normalized spacial score (nSPS) is 11.6. The number of aromatic nitrogens is 2. The summed E-state index contributed by atoms with van der Waals surface area (Å²) in [6.07, 6.45) is 5.40. The van der Waals surface area contributed by atoms with Crippen LogP contribution in [-0.2, 0) is 6.54 Å². The Morgan fingerprint density at radius 2 is 1.76 bits per heavy atom. The molecule has 0 amide bonds. The molecule has 0 unspecified atom stereocenters. The number of aliphatic hydroxyl groups is 1. The summed E-state index contributed by atoms with van der Waals surface area (Å²) in [5, 5.41) is 10.3. The molecule has 0 aliphatic heterocycles. The third-order valence-electron chi connectivity index (χ3n) is 5.28. The standard InChI is InChI=1S/C26H35FN6.C2H6.CH4O/c1-6-8-9-15-29-26(28-7-2)30-19(3)25-24(21-10-12-22(27)13-11-21)31-23-17-20(18-32(4)5)14-16-33(23)25;2*1-2/h10-14,16-17H,6-9,15,18H2,1-5H3,(H,28,29);1-2H3;2H,1H3/b30-19+;;. The van der Waals surface area contributed by atoms with Gasteiger partial charge in [-0.1, -0.05) is 33.6 Å². The van der Waals surface area contributed by atoms with Crippen molar-refractivity contribution in [1.29, 1.82) is 0 Å². The summed E-state index contributed by atoms with van der Waals surface area (Å²) in [5.74, 6) is 0.367. The molecule has 0 spiro atoms. The number of hydrogen-bond acceptors (Lipinski definition) is 4. The average Bonchev–Trinajstić information content (AvgIpc) is 3.28. The Balaban J connectivity index is 0.00000163. The van der Waals surface area contributed by atoms with Crippen LogP contribution in [0.2, 0.25) is 0 Å². The molecule has 204 valence electrons. The van der Waals surface area contributed by atoms with Gasteiger partial charge in [0.05, 0.1) is 17.1 Å². The van der Waals surface area contributed by atoms with Crippen LogP contribution in [0.15, 0.2) is 52.6 Å². The van der Waals surface area contributed by atoms with E-state index in [1.165, 1.54) is 17.7 Å². The first-order chi connectivity index (χ1) is 17.9. The molecule has 3 rings (SSSR count). The molecule has 0 fully saturated rings. The van der Waals surface area contributed by atoms with E-state index in [2.05, 4.69) is 38.7 Å². The fraction of sp³-hybridized carbons (Fsp3) is 0.483. The van der Waals surface area contributed by atoms with Crippen molar-refractivity contribution in [3.8, 4) is 11.3 Å². The maximum Gasteiger partial charge on any atom is 0.218 e. The van der Waals surface area contributed by atoms with Gasteiger partial charge in [0.25, 0.3) is 0 Å². The molecule has 2 N–H and O–H groups in total. The van der Waals surface area contributed by atoms with Crippen molar-refractivity contribution in [1.82, 2.24) is 19.6 Å². The van der Waals surface area contributed by atoms with Crippen molar-refractivity contribution >= 4 is 17.3 Å². The number of pyridine rings is 1. The second-order valence-corrected chi connectivity index (χ2v) is 8.46. The van der Waals surface area contributed by atoms with E-state index in [4.69, 9.17) is 15.1 Å². The molecule has 0 atom stereocenters. The lowest BCUT2D eigenvalue weighted by atomic mass is 10.1. The predicted molar refractivity (Wildman–Crippen MR) is 155 cm³/mol. The van der Waals surface area contributed by atoms with Crippen LogP contribution in [0.4, 0.5) is 4.39 Å². The topological polar surface area (TPSA) is 77.5 Å². The summed E-state index contributed by atoms with van der Waals surface area (Å²) in [6.45, 7) is 12.5. The quantitative estimate of drug-likeness (QED) is 0.216. The monoisotopic (exact) mass is 512 g/mol. The first-order valence-corrected chi connectivity index (χ1v) is 13.1. The molecule has 2 heterocycles. The molecule has 0 aliphatic rings.